The highest BCUT2D eigenvalue weighted by molar-refractivity contribution is 5.42. The van der Waals surface area contributed by atoms with Crippen LogP contribution in [-0.2, 0) is 16.0 Å². The SMILES string of the molecule is COCCN(Cc1ccc(OC)c(OC)c1)C[C@@H](O)COCC(C)C. The molecule has 0 unspecified atom stereocenters. The van der Waals surface area contributed by atoms with E-state index in [1.807, 2.05) is 18.2 Å². The maximum atomic E-state index is 10.2. The van der Waals surface area contributed by atoms with Crippen molar-refractivity contribution < 1.29 is 24.1 Å². The minimum atomic E-state index is -0.532. The molecular weight excluding hydrogens is 322 g/mol. The molecule has 144 valence electrons. The summed E-state index contributed by atoms with van der Waals surface area (Å²) in [6.07, 6.45) is -0.532. The lowest BCUT2D eigenvalue weighted by Gasteiger charge is -2.25. The Hall–Kier alpha value is -1.34. The molecule has 1 aromatic carbocycles. The number of methoxy groups -OCH3 is 3. The van der Waals surface area contributed by atoms with Crippen LogP contribution in [0.15, 0.2) is 18.2 Å². The summed E-state index contributed by atoms with van der Waals surface area (Å²) in [4.78, 5) is 2.15. The normalized spacial score (nSPS) is 12.6. The average molecular weight is 355 g/mol. The van der Waals surface area contributed by atoms with Crippen molar-refractivity contribution in [3.8, 4) is 11.5 Å². The van der Waals surface area contributed by atoms with Crippen LogP contribution in [0, 0.1) is 5.92 Å². The lowest BCUT2D eigenvalue weighted by Crippen LogP contribution is -2.36. The van der Waals surface area contributed by atoms with E-state index in [0.717, 1.165) is 12.1 Å². The van der Waals surface area contributed by atoms with E-state index in [1.165, 1.54) is 0 Å². The second-order valence-electron chi connectivity index (χ2n) is 6.50. The van der Waals surface area contributed by atoms with Crippen LogP contribution >= 0.6 is 0 Å². The molecule has 0 heterocycles. The largest absolute Gasteiger partial charge is 0.493 e. The molecule has 0 aliphatic rings. The summed E-state index contributed by atoms with van der Waals surface area (Å²) in [5.74, 6) is 1.87. The van der Waals surface area contributed by atoms with Gasteiger partial charge in [0.25, 0.3) is 0 Å². The van der Waals surface area contributed by atoms with Crippen LogP contribution in [-0.4, -0.2) is 70.3 Å². The first-order chi connectivity index (χ1) is 12.0. The molecule has 0 aliphatic heterocycles. The third-order valence-corrected chi connectivity index (χ3v) is 3.70. The Morgan fingerprint density at radius 1 is 1.04 bits per heavy atom. The summed E-state index contributed by atoms with van der Waals surface area (Å²) in [7, 11) is 4.92. The maximum Gasteiger partial charge on any atom is 0.161 e. The molecule has 0 fully saturated rings. The Morgan fingerprint density at radius 3 is 2.36 bits per heavy atom. The highest BCUT2D eigenvalue weighted by atomic mass is 16.5. The molecule has 1 N–H and O–H groups in total. The number of aliphatic hydroxyl groups is 1. The van der Waals surface area contributed by atoms with Crippen LogP contribution in [0.3, 0.4) is 0 Å². The maximum absolute atomic E-state index is 10.2. The summed E-state index contributed by atoms with van der Waals surface area (Å²) in [5.41, 5.74) is 1.09. The van der Waals surface area contributed by atoms with Gasteiger partial charge in [0.2, 0.25) is 0 Å². The molecule has 1 aromatic rings. The van der Waals surface area contributed by atoms with Crippen molar-refractivity contribution in [2.24, 2.45) is 5.92 Å². The quantitative estimate of drug-likeness (QED) is 0.585. The third-order valence-electron chi connectivity index (χ3n) is 3.70. The van der Waals surface area contributed by atoms with E-state index in [2.05, 4.69) is 18.7 Å². The zero-order valence-corrected chi connectivity index (χ0v) is 16.2. The summed E-state index contributed by atoms with van der Waals surface area (Å²) >= 11 is 0. The second-order valence-corrected chi connectivity index (χ2v) is 6.50. The van der Waals surface area contributed by atoms with Crippen LogP contribution in [0.1, 0.15) is 19.4 Å². The summed E-state index contributed by atoms with van der Waals surface area (Å²) < 4.78 is 21.4. The van der Waals surface area contributed by atoms with Crippen molar-refractivity contribution in [3.05, 3.63) is 23.8 Å². The molecule has 0 aliphatic carbocycles. The van der Waals surface area contributed by atoms with Crippen molar-refractivity contribution in [2.75, 3.05) is 54.2 Å². The number of aliphatic hydroxyl groups excluding tert-OH is 1. The minimum absolute atomic E-state index is 0.341. The number of rotatable bonds is 13. The average Bonchev–Trinajstić information content (AvgIpc) is 2.59. The van der Waals surface area contributed by atoms with E-state index in [-0.39, 0.29) is 0 Å². The van der Waals surface area contributed by atoms with Gasteiger partial charge in [-0.25, -0.2) is 0 Å². The predicted octanol–water partition coefficient (Wildman–Crippen LogP) is 2.19. The standard InChI is InChI=1S/C19H33NO5/c1-15(2)13-25-14-17(21)12-20(8-9-22-3)11-16-6-7-18(23-4)19(10-16)24-5/h6-7,10,15,17,21H,8-9,11-14H2,1-5H3/t17-/m1/s1. The number of hydrogen-bond acceptors (Lipinski definition) is 6. The third kappa shape index (κ3) is 8.54. The second kappa shape index (κ2) is 12.1. The molecule has 0 radical (unpaired) electrons. The number of benzene rings is 1. The monoisotopic (exact) mass is 355 g/mol. The van der Waals surface area contributed by atoms with Gasteiger partial charge in [-0.05, 0) is 23.6 Å². The van der Waals surface area contributed by atoms with Crippen molar-refractivity contribution in [1.29, 1.82) is 0 Å². The fourth-order valence-electron chi connectivity index (χ4n) is 2.48. The Labute approximate surface area is 151 Å². The Morgan fingerprint density at radius 2 is 1.76 bits per heavy atom. The van der Waals surface area contributed by atoms with Gasteiger partial charge >= 0.3 is 0 Å². The van der Waals surface area contributed by atoms with Gasteiger partial charge in [0.05, 0.1) is 33.5 Å². The van der Waals surface area contributed by atoms with Crippen molar-refractivity contribution in [1.82, 2.24) is 4.90 Å². The molecule has 1 atom stereocenters. The van der Waals surface area contributed by atoms with Gasteiger partial charge in [-0.3, -0.25) is 4.90 Å². The van der Waals surface area contributed by atoms with E-state index in [0.29, 0.717) is 50.3 Å². The van der Waals surface area contributed by atoms with Crippen molar-refractivity contribution in [3.63, 3.8) is 0 Å². The van der Waals surface area contributed by atoms with Gasteiger partial charge in [0, 0.05) is 33.4 Å². The molecule has 0 amide bonds. The first kappa shape index (κ1) is 21.7. The Kier molecular flexibility index (Phi) is 10.5. The van der Waals surface area contributed by atoms with E-state index in [4.69, 9.17) is 18.9 Å². The number of nitrogens with zero attached hydrogens (tertiary/aromatic N) is 1. The van der Waals surface area contributed by atoms with Gasteiger partial charge in [-0.15, -0.1) is 0 Å². The zero-order chi connectivity index (χ0) is 18.7. The summed E-state index contributed by atoms with van der Waals surface area (Å²) in [6.45, 7) is 7.72. The van der Waals surface area contributed by atoms with Crippen molar-refractivity contribution >= 4 is 0 Å². The molecule has 25 heavy (non-hydrogen) atoms. The minimum Gasteiger partial charge on any atom is -0.493 e. The number of hydrogen-bond donors (Lipinski definition) is 1. The van der Waals surface area contributed by atoms with Crippen LogP contribution in [0.4, 0.5) is 0 Å². The lowest BCUT2D eigenvalue weighted by atomic mass is 10.1. The molecule has 0 bridgehead atoms. The predicted molar refractivity (Wildman–Crippen MR) is 98.4 cm³/mol. The first-order valence-electron chi connectivity index (χ1n) is 8.68. The summed E-state index contributed by atoms with van der Waals surface area (Å²) in [5, 5.41) is 10.2. The molecule has 6 nitrogen and oxygen atoms in total. The number of ether oxygens (including phenoxy) is 4. The van der Waals surface area contributed by atoms with Crippen molar-refractivity contribution in [2.45, 2.75) is 26.5 Å². The fraction of sp³-hybridized carbons (Fsp3) is 0.684. The Bertz CT molecular complexity index is 481. The molecule has 6 heteroatoms. The first-order valence-corrected chi connectivity index (χ1v) is 8.68. The topological polar surface area (TPSA) is 60.4 Å². The molecule has 0 saturated carbocycles. The highest BCUT2D eigenvalue weighted by Crippen LogP contribution is 2.28. The van der Waals surface area contributed by atoms with Crippen LogP contribution in [0.2, 0.25) is 0 Å². The van der Waals surface area contributed by atoms with Crippen LogP contribution in [0.5, 0.6) is 11.5 Å². The van der Waals surface area contributed by atoms with E-state index in [1.54, 1.807) is 21.3 Å². The Balaban J connectivity index is 2.65. The van der Waals surface area contributed by atoms with Gasteiger partial charge in [-0.2, -0.15) is 0 Å². The van der Waals surface area contributed by atoms with Gasteiger partial charge in [-0.1, -0.05) is 19.9 Å². The van der Waals surface area contributed by atoms with Crippen LogP contribution in [0.25, 0.3) is 0 Å². The van der Waals surface area contributed by atoms with Gasteiger partial charge < -0.3 is 24.1 Å². The summed E-state index contributed by atoms with van der Waals surface area (Å²) in [6, 6.07) is 5.86. The van der Waals surface area contributed by atoms with E-state index in [9.17, 15) is 5.11 Å². The zero-order valence-electron chi connectivity index (χ0n) is 16.2. The smallest absolute Gasteiger partial charge is 0.161 e. The molecule has 0 spiro atoms. The van der Waals surface area contributed by atoms with Gasteiger partial charge in [0.15, 0.2) is 11.5 Å². The fourth-order valence-corrected chi connectivity index (χ4v) is 2.48. The van der Waals surface area contributed by atoms with E-state index < -0.39 is 6.10 Å². The molecular formula is C19H33NO5. The molecule has 0 aromatic heterocycles. The molecule has 1 rings (SSSR count). The lowest BCUT2D eigenvalue weighted by molar-refractivity contribution is 0.00335. The van der Waals surface area contributed by atoms with Crippen LogP contribution < -0.4 is 9.47 Å². The molecule has 0 saturated heterocycles. The van der Waals surface area contributed by atoms with Gasteiger partial charge in [0.1, 0.15) is 0 Å². The van der Waals surface area contributed by atoms with E-state index >= 15 is 0 Å². The highest BCUT2D eigenvalue weighted by Gasteiger charge is 2.14.